The van der Waals surface area contributed by atoms with Crippen LogP contribution in [0.15, 0.2) is 76.9 Å². The van der Waals surface area contributed by atoms with E-state index in [0.717, 1.165) is 47.3 Å². The number of alkyl halides is 3. The highest BCUT2D eigenvalue weighted by molar-refractivity contribution is 7.99. The Bertz CT molecular complexity index is 1080. The summed E-state index contributed by atoms with van der Waals surface area (Å²) in [6, 6.07) is 14.8. The summed E-state index contributed by atoms with van der Waals surface area (Å²) in [5, 5.41) is 3.65. The van der Waals surface area contributed by atoms with E-state index in [2.05, 4.69) is 20.2 Å². The van der Waals surface area contributed by atoms with Crippen molar-refractivity contribution in [3.63, 3.8) is 0 Å². The maximum atomic E-state index is 12.8. The van der Waals surface area contributed by atoms with Crippen LogP contribution in [0.3, 0.4) is 0 Å². The first-order valence-electron chi connectivity index (χ1n) is 10.6. The number of anilines is 1. The van der Waals surface area contributed by atoms with Crippen LogP contribution in [0.5, 0.6) is 0 Å². The van der Waals surface area contributed by atoms with Crippen molar-refractivity contribution in [2.45, 2.75) is 35.5 Å². The van der Waals surface area contributed by atoms with Crippen molar-refractivity contribution in [3.05, 3.63) is 78.1 Å². The molecule has 0 saturated carbocycles. The summed E-state index contributed by atoms with van der Waals surface area (Å²) < 4.78 is 38.2. The van der Waals surface area contributed by atoms with E-state index in [0.29, 0.717) is 12.1 Å². The van der Waals surface area contributed by atoms with Crippen LogP contribution in [0.25, 0.3) is 0 Å². The Morgan fingerprint density at radius 3 is 2.52 bits per heavy atom. The lowest BCUT2D eigenvalue weighted by atomic mass is 9.97. The summed E-state index contributed by atoms with van der Waals surface area (Å²) in [5.74, 6) is 0.414. The average molecular weight is 473 g/mol. The van der Waals surface area contributed by atoms with E-state index < -0.39 is 11.7 Å². The third kappa shape index (κ3) is 6.04. The molecule has 2 heterocycles. The van der Waals surface area contributed by atoms with Crippen LogP contribution in [0.1, 0.15) is 24.0 Å². The molecule has 2 aromatic carbocycles. The molecule has 33 heavy (non-hydrogen) atoms. The molecule has 5 nitrogen and oxygen atoms in total. The van der Waals surface area contributed by atoms with Gasteiger partial charge in [0.25, 0.3) is 0 Å². The zero-order chi connectivity index (χ0) is 23.3. The molecule has 0 spiro atoms. The Morgan fingerprint density at radius 2 is 1.79 bits per heavy atom. The molecule has 1 fully saturated rings. The maximum Gasteiger partial charge on any atom is 0.416 e. The fraction of sp³-hybridized carbons (Fsp3) is 0.292. The Kier molecular flexibility index (Phi) is 7.17. The maximum absolute atomic E-state index is 12.8. The van der Waals surface area contributed by atoms with Gasteiger partial charge in [-0.3, -0.25) is 4.79 Å². The lowest BCUT2D eigenvalue weighted by Crippen LogP contribution is -2.43. The van der Waals surface area contributed by atoms with Crippen molar-refractivity contribution in [1.82, 2.24) is 15.3 Å². The summed E-state index contributed by atoms with van der Waals surface area (Å²) in [4.78, 5) is 25.0. The van der Waals surface area contributed by atoms with Crippen molar-refractivity contribution < 1.29 is 18.0 Å². The monoisotopic (exact) mass is 472 g/mol. The molecule has 0 bridgehead atoms. The number of halogens is 3. The van der Waals surface area contributed by atoms with Crippen LogP contribution in [-0.2, 0) is 17.5 Å². The summed E-state index contributed by atoms with van der Waals surface area (Å²) in [6.45, 7) is 1.48. The van der Waals surface area contributed by atoms with E-state index in [1.54, 1.807) is 12.4 Å². The minimum atomic E-state index is -4.37. The molecule has 1 aliphatic rings. The number of rotatable bonds is 6. The van der Waals surface area contributed by atoms with Crippen molar-refractivity contribution in [1.29, 1.82) is 0 Å². The van der Waals surface area contributed by atoms with E-state index >= 15 is 0 Å². The molecule has 1 aliphatic heterocycles. The fourth-order valence-electron chi connectivity index (χ4n) is 3.74. The van der Waals surface area contributed by atoms with Gasteiger partial charge in [0.15, 0.2) is 5.82 Å². The number of hydrogen-bond acceptors (Lipinski definition) is 5. The Hall–Kier alpha value is -3.07. The lowest BCUT2D eigenvalue weighted by molar-refractivity contribution is -0.137. The highest BCUT2D eigenvalue weighted by atomic mass is 32.2. The largest absolute Gasteiger partial charge is 0.416 e. The molecular formula is C24H23F3N4OS. The van der Waals surface area contributed by atoms with E-state index in [-0.39, 0.29) is 18.4 Å². The molecule has 0 radical (unpaired) electrons. The molecule has 3 aromatic rings. The van der Waals surface area contributed by atoms with Gasteiger partial charge in [0, 0.05) is 36.9 Å². The molecule has 1 N–H and O–H groups in total. The van der Waals surface area contributed by atoms with Gasteiger partial charge >= 0.3 is 6.18 Å². The van der Waals surface area contributed by atoms with Gasteiger partial charge in [-0.25, -0.2) is 9.97 Å². The molecule has 1 atom stereocenters. The first-order valence-corrected chi connectivity index (χ1v) is 11.4. The van der Waals surface area contributed by atoms with Gasteiger partial charge < -0.3 is 10.2 Å². The molecule has 0 aliphatic carbocycles. The van der Waals surface area contributed by atoms with E-state index in [1.807, 2.05) is 30.3 Å². The fourth-order valence-corrected chi connectivity index (χ4v) is 4.64. The average Bonchev–Trinajstić information content (AvgIpc) is 2.83. The molecule has 172 valence electrons. The third-order valence-corrected chi connectivity index (χ3v) is 6.43. The van der Waals surface area contributed by atoms with Crippen LogP contribution in [-0.4, -0.2) is 29.0 Å². The Balaban J connectivity index is 1.38. The zero-order valence-corrected chi connectivity index (χ0v) is 18.6. The summed E-state index contributed by atoms with van der Waals surface area (Å²) >= 11 is 1.53. The number of piperidine rings is 1. The molecule has 4 rings (SSSR count). The standard InChI is InChI=1S/C24H23F3N4OS/c25-24(26,27)19-10-8-17(9-11-19)15-30-22(32)18-5-4-14-31(16-18)21-23(29-13-12-28-21)33-20-6-2-1-3-7-20/h1-3,6-13,18H,4-5,14-16H2,(H,30,32)/t18-/m1/s1. The van der Waals surface area contributed by atoms with Gasteiger partial charge in [-0.15, -0.1) is 0 Å². The van der Waals surface area contributed by atoms with Gasteiger partial charge in [0.2, 0.25) is 5.91 Å². The second-order valence-corrected chi connectivity index (χ2v) is 8.86. The second kappa shape index (κ2) is 10.2. The molecule has 1 aromatic heterocycles. The number of benzene rings is 2. The smallest absolute Gasteiger partial charge is 0.354 e. The van der Waals surface area contributed by atoms with E-state index in [1.165, 1.54) is 23.9 Å². The van der Waals surface area contributed by atoms with Gasteiger partial charge in [-0.1, -0.05) is 42.1 Å². The third-order valence-electron chi connectivity index (χ3n) is 5.44. The molecule has 1 saturated heterocycles. The van der Waals surface area contributed by atoms with Crippen LogP contribution in [0.2, 0.25) is 0 Å². The number of carbonyl (C=O) groups excluding carboxylic acids is 1. The van der Waals surface area contributed by atoms with Crippen molar-refractivity contribution in [3.8, 4) is 0 Å². The van der Waals surface area contributed by atoms with Gasteiger partial charge in [-0.05, 0) is 42.7 Å². The van der Waals surface area contributed by atoms with Crippen molar-refractivity contribution >= 4 is 23.5 Å². The van der Waals surface area contributed by atoms with Crippen molar-refractivity contribution in [2.75, 3.05) is 18.0 Å². The van der Waals surface area contributed by atoms with Gasteiger partial charge in [0.05, 0.1) is 11.5 Å². The quantitative estimate of drug-likeness (QED) is 0.536. The van der Waals surface area contributed by atoms with Crippen LogP contribution in [0, 0.1) is 5.92 Å². The Labute approximate surface area is 194 Å². The normalized spacial score (nSPS) is 16.5. The molecule has 1 amide bonds. The molecular weight excluding hydrogens is 449 g/mol. The predicted molar refractivity (Wildman–Crippen MR) is 121 cm³/mol. The zero-order valence-electron chi connectivity index (χ0n) is 17.8. The van der Waals surface area contributed by atoms with Crippen LogP contribution in [0.4, 0.5) is 19.0 Å². The first-order chi connectivity index (χ1) is 15.9. The van der Waals surface area contributed by atoms with Crippen LogP contribution >= 0.6 is 11.8 Å². The highest BCUT2D eigenvalue weighted by Gasteiger charge is 2.30. The number of nitrogens with one attached hydrogen (secondary N) is 1. The lowest BCUT2D eigenvalue weighted by Gasteiger charge is -2.33. The second-order valence-electron chi connectivity index (χ2n) is 7.80. The number of hydrogen-bond donors (Lipinski definition) is 1. The number of carbonyl (C=O) groups is 1. The number of aromatic nitrogens is 2. The molecule has 0 unspecified atom stereocenters. The van der Waals surface area contributed by atoms with Crippen molar-refractivity contribution in [2.24, 2.45) is 5.92 Å². The minimum absolute atomic E-state index is 0.110. The SMILES string of the molecule is O=C(NCc1ccc(C(F)(F)F)cc1)[C@@H]1CCCN(c2nccnc2Sc2ccccc2)C1. The molecule has 9 heteroatoms. The minimum Gasteiger partial charge on any atom is -0.354 e. The predicted octanol–water partition coefficient (Wildman–Crippen LogP) is 5.18. The summed E-state index contributed by atoms with van der Waals surface area (Å²) in [7, 11) is 0. The topological polar surface area (TPSA) is 58.1 Å². The number of nitrogens with zero attached hydrogens (tertiary/aromatic N) is 3. The highest BCUT2D eigenvalue weighted by Crippen LogP contribution is 2.34. The summed E-state index contributed by atoms with van der Waals surface area (Å²) in [5.41, 5.74) is -0.0758. The van der Waals surface area contributed by atoms with Gasteiger partial charge in [0.1, 0.15) is 5.03 Å². The van der Waals surface area contributed by atoms with Crippen LogP contribution < -0.4 is 10.2 Å². The number of amides is 1. The van der Waals surface area contributed by atoms with Gasteiger partial charge in [-0.2, -0.15) is 13.2 Å². The first kappa shape index (κ1) is 23.1. The van der Waals surface area contributed by atoms with E-state index in [4.69, 9.17) is 0 Å². The van der Waals surface area contributed by atoms with E-state index in [9.17, 15) is 18.0 Å². The Morgan fingerprint density at radius 1 is 1.06 bits per heavy atom. The summed E-state index contributed by atoms with van der Waals surface area (Å²) in [6.07, 6.45) is 0.526.